The fourth-order valence-electron chi connectivity index (χ4n) is 3.51. The van der Waals surface area contributed by atoms with Gasteiger partial charge in [0, 0.05) is 25.3 Å². The van der Waals surface area contributed by atoms with Crippen molar-refractivity contribution in [1.29, 1.82) is 0 Å². The molecule has 2 heterocycles. The lowest BCUT2D eigenvalue weighted by Gasteiger charge is -2.36. The van der Waals surface area contributed by atoms with Gasteiger partial charge in [0.1, 0.15) is 18.0 Å². The van der Waals surface area contributed by atoms with Crippen LogP contribution in [0.4, 0.5) is 10.5 Å². The Morgan fingerprint density at radius 2 is 1.96 bits per heavy atom. The van der Waals surface area contributed by atoms with Crippen LogP contribution in [0.3, 0.4) is 0 Å². The first-order valence-corrected chi connectivity index (χ1v) is 9.07. The van der Waals surface area contributed by atoms with Crippen LogP contribution in [0.5, 0.6) is 5.75 Å². The van der Waals surface area contributed by atoms with E-state index in [2.05, 4.69) is 15.5 Å². The number of urea groups is 1. The van der Waals surface area contributed by atoms with Gasteiger partial charge < -0.3 is 35.1 Å². The topological polar surface area (TPSA) is 113 Å². The normalized spacial score (nSPS) is 28.7. The first-order chi connectivity index (χ1) is 13.1. The van der Waals surface area contributed by atoms with Gasteiger partial charge in [0.2, 0.25) is 0 Å². The van der Waals surface area contributed by atoms with Crippen molar-refractivity contribution in [3.63, 3.8) is 0 Å². The van der Waals surface area contributed by atoms with Gasteiger partial charge in [-0.1, -0.05) is 0 Å². The summed E-state index contributed by atoms with van der Waals surface area (Å²) < 4.78 is 16.2. The summed E-state index contributed by atoms with van der Waals surface area (Å²) in [6.45, 7) is 2.49. The number of methoxy groups -OCH3 is 1. The molecule has 0 spiro atoms. The van der Waals surface area contributed by atoms with Gasteiger partial charge in [-0.05, 0) is 24.3 Å². The number of anilines is 1. The molecule has 4 N–H and O–H groups in total. The Labute approximate surface area is 158 Å². The van der Waals surface area contributed by atoms with E-state index in [0.717, 1.165) is 0 Å². The quantitative estimate of drug-likeness (QED) is 0.532. The molecule has 1 aromatic carbocycles. The van der Waals surface area contributed by atoms with Gasteiger partial charge >= 0.3 is 6.03 Å². The van der Waals surface area contributed by atoms with Gasteiger partial charge in [-0.2, -0.15) is 0 Å². The maximum Gasteiger partial charge on any atom is 0.319 e. The molecule has 0 radical (unpaired) electrons. The summed E-state index contributed by atoms with van der Waals surface area (Å²) in [6.07, 6.45) is -1.89. The van der Waals surface area contributed by atoms with E-state index in [1.54, 1.807) is 31.4 Å². The molecule has 0 bridgehead atoms. The Hall–Kier alpha value is -1.91. The van der Waals surface area contributed by atoms with E-state index in [9.17, 15) is 15.0 Å². The molecule has 2 fully saturated rings. The third kappa shape index (κ3) is 4.88. The maximum atomic E-state index is 12.2. The predicted molar refractivity (Wildman–Crippen MR) is 97.9 cm³/mol. The molecule has 27 heavy (non-hydrogen) atoms. The highest BCUT2D eigenvalue weighted by Gasteiger charge is 2.46. The smallest absolute Gasteiger partial charge is 0.319 e. The maximum absolute atomic E-state index is 12.2. The minimum Gasteiger partial charge on any atom is -0.497 e. The van der Waals surface area contributed by atoms with Crippen LogP contribution >= 0.6 is 0 Å². The Morgan fingerprint density at radius 1 is 1.26 bits per heavy atom. The number of carbonyl (C=O) groups is 1. The van der Waals surface area contributed by atoms with Gasteiger partial charge in [-0.25, -0.2) is 4.79 Å². The van der Waals surface area contributed by atoms with E-state index in [4.69, 9.17) is 14.2 Å². The number of carbonyl (C=O) groups excluding carboxylic acids is 1. The van der Waals surface area contributed by atoms with Gasteiger partial charge in [-0.3, -0.25) is 4.90 Å². The molecule has 2 saturated heterocycles. The molecule has 9 heteroatoms. The zero-order valence-electron chi connectivity index (χ0n) is 15.3. The van der Waals surface area contributed by atoms with Crippen molar-refractivity contribution in [2.75, 3.05) is 51.9 Å². The highest BCUT2D eigenvalue weighted by molar-refractivity contribution is 5.89. The van der Waals surface area contributed by atoms with Crippen molar-refractivity contribution in [1.82, 2.24) is 10.2 Å². The van der Waals surface area contributed by atoms with E-state index < -0.39 is 18.3 Å². The second kappa shape index (κ2) is 9.34. The van der Waals surface area contributed by atoms with E-state index >= 15 is 0 Å². The van der Waals surface area contributed by atoms with Gasteiger partial charge in [0.05, 0.1) is 39.1 Å². The highest BCUT2D eigenvalue weighted by atomic mass is 16.5. The minimum absolute atomic E-state index is 0.220. The van der Waals surface area contributed by atoms with E-state index in [1.807, 2.05) is 0 Å². The zero-order chi connectivity index (χ0) is 19.2. The lowest BCUT2D eigenvalue weighted by Crippen LogP contribution is -2.54. The second-order valence-electron chi connectivity index (χ2n) is 6.59. The molecule has 4 atom stereocenters. The van der Waals surface area contributed by atoms with Crippen LogP contribution in [0.25, 0.3) is 0 Å². The van der Waals surface area contributed by atoms with Crippen LogP contribution in [0, 0.1) is 0 Å². The lowest BCUT2D eigenvalue weighted by molar-refractivity contribution is -0.0214. The number of ether oxygens (including phenoxy) is 3. The van der Waals surface area contributed by atoms with Crippen molar-refractivity contribution >= 4 is 11.7 Å². The molecule has 150 valence electrons. The minimum atomic E-state index is -0.815. The molecule has 2 aliphatic heterocycles. The summed E-state index contributed by atoms with van der Waals surface area (Å²) in [4.78, 5) is 14.3. The highest BCUT2D eigenvalue weighted by Crippen LogP contribution is 2.26. The molecule has 0 saturated carbocycles. The molecular formula is C18H27N3O6. The lowest BCUT2D eigenvalue weighted by atomic mass is 10.0. The third-order valence-corrected chi connectivity index (χ3v) is 4.92. The van der Waals surface area contributed by atoms with E-state index in [-0.39, 0.29) is 25.2 Å². The van der Waals surface area contributed by atoms with Gasteiger partial charge in [0.15, 0.2) is 0 Å². The van der Waals surface area contributed by atoms with Crippen molar-refractivity contribution in [2.45, 2.75) is 24.4 Å². The number of hydrogen-bond donors (Lipinski definition) is 4. The molecule has 0 aliphatic carbocycles. The van der Waals surface area contributed by atoms with Crippen molar-refractivity contribution < 1.29 is 29.2 Å². The first-order valence-electron chi connectivity index (χ1n) is 9.07. The molecule has 3 rings (SSSR count). The average molecular weight is 381 g/mol. The molecule has 2 amide bonds. The van der Waals surface area contributed by atoms with Gasteiger partial charge in [0.25, 0.3) is 0 Å². The van der Waals surface area contributed by atoms with Crippen molar-refractivity contribution in [3.8, 4) is 5.75 Å². The molecule has 9 nitrogen and oxygen atoms in total. The standard InChI is InChI=1S/C18H27N3O6/c1-25-13-4-2-12(3-5-13)20-18(24)19-10-14-16(17(23)15(11-22)27-14)21-6-8-26-9-7-21/h2-5,14-17,22-23H,6-11H2,1H3,(H2,19,20,24)/t14-,15-,16-,17+/m0/s1. The van der Waals surface area contributed by atoms with Crippen LogP contribution in [0.1, 0.15) is 0 Å². The predicted octanol–water partition coefficient (Wildman–Crippen LogP) is -0.362. The number of morpholine rings is 1. The van der Waals surface area contributed by atoms with Crippen molar-refractivity contribution in [3.05, 3.63) is 24.3 Å². The molecule has 1 aromatic rings. The molecule has 0 unspecified atom stereocenters. The summed E-state index contributed by atoms with van der Waals surface area (Å²) in [5.74, 6) is 0.706. The average Bonchev–Trinajstić information content (AvgIpc) is 3.03. The Bertz CT molecular complexity index is 608. The van der Waals surface area contributed by atoms with E-state index in [0.29, 0.717) is 37.7 Å². The first kappa shape index (κ1) is 19.8. The molecular weight excluding hydrogens is 354 g/mol. The number of aliphatic hydroxyl groups is 2. The number of rotatable bonds is 6. The Kier molecular flexibility index (Phi) is 6.86. The third-order valence-electron chi connectivity index (χ3n) is 4.92. The summed E-state index contributed by atoms with van der Waals surface area (Å²) >= 11 is 0. The Morgan fingerprint density at radius 3 is 2.59 bits per heavy atom. The number of nitrogens with one attached hydrogen (secondary N) is 2. The number of hydrogen-bond acceptors (Lipinski definition) is 7. The fraction of sp³-hybridized carbons (Fsp3) is 0.611. The number of nitrogens with zero attached hydrogens (tertiary/aromatic N) is 1. The van der Waals surface area contributed by atoms with Crippen LogP contribution < -0.4 is 15.4 Å². The van der Waals surface area contributed by atoms with Crippen LogP contribution in [0.2, 0.25) is 0 Å². The van der Waals surface area contributed by atoms with Crippen LogP contribution in [-0.4, -0.2) is 92.1 Å². The molecule has 0 aromatic heterocycles. The van der Waals surface area contributed by atoms with Crippen LogP contribution in [0.15, 0.2) is 24.3 Å². The SMILES string of the molecule is COc1ccc(NC(=O)NC[C@@H]2O[C@@H](CO)[C@@H](O)[C@H]2N2CCOCC2)cc1. The summed E-state index contributed by atoms with van der Waals surface area (Å²) in [5, 5.41) is 25.5. The van der Waals surface area contributed by atoms with Gasteiger partial charge in [-0.15, -0.1) is 0 Å². The Balaban J connectivity index is 1.56. The zero-order valence-corrected chi connectivity index (χ0v) is 15.3. The number of benzene rings is 1. The number of aliphatic hydroxyl groups excluding tert-OH is 2. The molecule has 2 aliphatic rings. The summed E-state index contributed by atoms with van der Waals surface area (Å²) in [5.41, 5.74) is 0.638. The van der Waals surface area contributed by atoms with Crippen molar-refractivity contribution in [2.24, 2.45) is 0 Å². The largest absolute Gasteiger partial charge is 0.497 e. The summed E-state index contributed by atoms with van der Waals surface area (Å²) in [6, 6.07) is 6.33. The van der Waals surface area contributed by atoms with E-state index in [1.165, 1.54) is 0 Å². The second-order valence-corrected chi connectivity index (χ2v) is 6.59. The number of amides is 2. The van der Waals surface area contributed by atoms with Crippen LogP contribution in [-0.2, 0) is 9.47 Å². The fourth-order valence-corrected chi connectivity index (χ4v) is 3.51. The summed E-state index contributed by atoms with van der Waals surface area (Å²) in [7, 11) is 1.58. The monoisotopic (exact) mass is 381 g/mol.